The fourth-order valence-corrected chi connectivity index (χ4v) is 1.40. The molecular weight excluding hydrogens is 188 g/mol. The Morgan fingerprint density at radius 2 is 1.93 bits per heavy atom. The highest BCUT2D eigenvalue weighted by atomic mass is 15.3. The van der Waals surface area contributed by atoms with Crippen LogP contribution in [0.4, 0.5) is 0 Å². The number of benzene rings is 1. The number of rotatable bonds is 1. The maximum Gasteiger partial charge on any atom is 0.182 e. The Morgan fingerprint density at radius 3 is 2.73 bits per heavy atom. The summed E-state index contributed by atoms with van der Waals surface area (Å²) in [7, 11) is 0. The predicted molar refractivity (Wildman–Crippen MR) is 55.5 cm³/mol. The first kappa shape index (κ1) is 8.11. The lowest BCUT2D eigenvalue weighted by Crippen LogP contribution is -1.99. The van der Waals surface area contributed by atoms with Gasteiger partial charge in [0.2, 0.25) is 0 Å². The highest BCUT2D eigenvalue weighted by molar-refractivity contribution is 5.74. The smallest absolute Gasteiger partial charge is 0.182 e. The molecule has 3 aromatic rings. The highest BCUT2D eigenvalue weighted by Gasteiger charge is 2.01. The average molecular weight is 195 g/mol. The SMILES string of the molecule is [c]1nc2ccccc2nc1-n1cccn1. The fourth-order valence-electron chi connectivity index (χ4n) is 1.40. The molecule has 0 fully saturated rings. The molecule has 0 unspecified atom stereocenters. The molecule has 0 spiro atoms. The number of aromatic nitrogens is 4. The van der Waals surface area contributed by atoms with Gasteiger partial charge in [-0.05, 0) is 18.2 Å². The van der Waals surface area contributed by atoms with Crippen molar-refractivity contribution in [1.29, 1.82) is 0 Å². The number of nitrogens with zero attached hydrogens (tertiary/aromatic N) is 4. The van der Waals surface area contributed by atoms with Crippen LogP contribution >= 0.6 is 0 Å². The van der Waals surface area contributed by atoms with Gasteiger partial charge in [-0.3, -0.25) is 0 Å². The minimum atomic E-state index is 0.610. The lowest BCUT2D eigenvalue weighted by molar-refractivity contribution is 0.844. The molecule has 0 aliphatic carbocycles. The zero-order valence-corrected chi connectivity index (χ0v) is 7.83. The van der Waals surface area contributed by atoms with Crippen molar-refractivity contribution in [2.24, 2.45) is 0 Å². The minimum absolute atomic E-state index is 0.610. The van der Waals surface area contributed by atoms with Gasteiger partial charge in [0, 0.05) is 12.4 Å². The number of para-hydroxylation sites is 2. The first-order chi connectivity index (χ1) is 7.43. The zero-order valence-electron chi connectivity index (χ0n) is 7.83. The van der Waals surface area contributed by atoms with Crippen LogP contribution in [0, 0.1) is 6.20 Å². The summed E-state index contributed by atoms with van der Waals surface area (Å²) in [6.07, 6.45) is 6.37. The van der Waals surface area contributed by atoms with Crippen LogP contribution in [0.1, 0.15) is 0 Å². The molecule has 71 valence electrons. The first-order valence-corrected chi connectivity index (χ1v) is 4.58. The Labute approximate surface area is 86.2 Å². The van der Waals surface area contributed by atoms with Crippen molar-refractivity contribution in [3.8, 4) is 5.82 Å². The van der Waals surface area contributed by atoms with E-state index < -0.39 is 0 Å². The second-order valence-corrected chi connectivity index (χ2v) is 3.10. The van der Waals surface area contributed by atoms with Crippen LogP contribution in [0.3, 0.4) is 0 Å². The normalized spacial score (nSPS) is 10.7. The molecule has 1 aromatic carbocycles. The van der Waals surface area contributed by atoms with Crippen molar-refractivity contribution in [2.75, 3.05) is 0 Å². The maximum absolute atomic E-state index is 4.40. The van der Waals surface area contributed by atoms with Gasteiger partial charge in [-0.25, -0.2) is 14.6 Å². The highest BCUT2D eigenvalue weighted by Crippen LogP contribution is 2.09. The van der Waals surface area contributed by atoms with E-state index in [-0.39, 0.29) is 0 Å². The van der Waals surface area contributed by atoms with Gasteiger partial charge >= 0.3 is 0 Å². The third kappa shape index (κ3) is 1.36. The molecule has 1 radical (unpaired) electrons. The Balaban J connectivity index is 2.22. The van der Waals surface area contributed by atoms with Crippen molar-refractivity contribution in [3.63, 3.8) is 0 Å². The monoisotopic (exact) mass is 195 g/mol. The topological polar surface area (TPSA) is 43.6 Å². The molecule has 2 aromatic heterocycles. The zero-order chi connectivity index (χ0) is 10.1. The van der Waals surface area contributed by atoms with Crippen molar-refractivity contribution >= 4 is 11.0 Å². The molecule has 0 atom stereocenters. The second-order valence-electron chi connectivity index (χ2n) is 3.10. The Morgan fingerprint density at radius 1 is 1.07 bits per heavy atom. The van der Waals surface area contributed by atoms with Crippen LogP contribution in [-0.2, 0) is 0 Å². The molecule has 4 heteroatoms. The average Bonchev–Trinajstić information content (AvgIpc) is 2.82. The summed E-state index contributed by atoms with van der Waals surface area (Å²) in [6, 6.07) is 9.53. The standard InChI is InChI=1S/C11H7N4/c1-2-5-10-9(4-1)12-8-11(14-10)15-7-3-6-13-15/h1-7H. The quantitative estimate of drug-likeness (QED) is 0.592. The van der Waals surface area contributed by atoms with E-state index in [0.717, 1.165) is 11.0 Å². The summed E-state index contributed by atoms with van der Waals surface area (Å²) in [4.78, 5) is 8.59. The van der Waals surface area contributed by atoms with Crippen molar-refractivity contribution < 1.29 is 0 Å². The molecule has 0 N–H and O–H groups in total. The first-order valence-electron chi connectivity index (χ1n) is 4.58. The van der Waals surface area contributed by atoms with E-state index in [4.69, 9.17) is 0 Å². The van der Waals surface area contributed by atoms with E-state index in [0.29, 0.717) is 5.82 Å². The van der Waals surface area contributed by atoms with Gasteiger partial charge in [0.1, 0.15) is 6.20 Å². The van der Waals surface area contributed by atoms with Gasteiger partial charge < -0.3 is 0 Å². The molecule has 0 saturated carbocycles. The fraction of sp³-hybridized carbons (Fsp3) is 0. The number of hydrogen-bond donors (Lipinski definition) is 0. The maximum atomic E-state index is 4.40. The summed E-state index contributed by atoms with van der Waals surface area (Å²) in [5, 5.41) is 4.08. The van der Waals surface area contributed by atoms with E-state index >= 15 is 0 Å². The van der Waals surface area contributed by atoms with Crippen LogP contribution in [0.2, 0.25) is 0 Å². The number of fused-ring (bicyclic) bond motifs is 1. The van der Waals surface area contributed by atoms with Gasteiger partial charge in [0.15, 0.2) is 5.82 Å². The van der Waals surface area contributed by atoms with Crippen molar-refractivity contribution in [3.05, 3.63) is 48.9 Å². The largest absolute Gasteiger partial charge is 0.240 e. The molecule has 0 amide bonds. The summed E-state index contributed by atoms with van der Waals surface area (Å²) in [6.45, 7) is 0. The van der Waals surface area contributed by atoms with Crippen LogP contribution in [0.5, 0.6) is 0 Å². The molecule has 0 saturated heterocycles. The molecule has 15 heavy (non-hydrogen) atoms. The van der Waals surface area contributed by atoms with E-state index in [1.807, 2.05) is 36.5 Å². The predicted octanol–water partition coefficient (Wildman–Crippen LogP) is 1.62. The number of hydrogen-bond acceptors (Lipinski definition) is 3. The minimum Gasteiger partial charge on any atom is -0.240 e. The van der Waals surface area contributed by atoms with E-state index in [2.05, 4.69) is 21.3 Å². The van der Waals surface area contributed by atoms with Crippen LogP contribution in [0.25, 0.3) is 16.9 Å². The van der Waals surface area contributed by atoms with Crippen molar-refractivity contribution in [2.45, 2.75) is 0 Å². The van der Waals surface area contributed by atoms with E-state index in [1.165, 1.54) is 0 Å². The second kappa shape index (κ2) is 3.16. The van der Waals surface area contributed by atoms with Crippen molar-refractivity contribution in [1.82, 2.24) is 19.7 Å². The molecule has 4 nitrogen and oxygen atoms in total. The summed E-state index contributed by atoms with van der Waals surface area (Å²) >= 11 is 0. The Kier molecular flexibility index (Phi) is 1.71. The molecular formula is C11H7N4. The van der Waals surface area contributed by atoms with Crippen LogP contribution in [-0.4, -0.2) is 19.7 Å². The van der Waals surface area contributed by atoms with E-state index in [9.17, 15) is 0 Å². The molecule has 0 aliphatic rings. The summed E-state index contributed by atoms with van der Waals surface area (Å²) in [5.41, 5.74) is 1.69. The van der Waals surface area contributed by atoms with E-state index in [1.54, 1.807) is 10.9 Å². The van der Waals surface area contributed by atoms with Gasteiger partial charge in [-0.2, -0.15) is 5.10 Å². The van der Waals surface area contributed by atoms with Gasteiger partial charge in [0.25, 0.3) is 0 Å². The lowest BCUT2D eigenvalue weighted by Gasteiger charge is -2.00. The van der Waals surface area contributed by atoms with Gasteiger partial charge in [-0.1, -0.05) is 12.1 Å². The molecule has 0 bridgehead atoms. The third-order valence-corrected chi connectivity index (χ3v) is 2.11. The molecule has 3 rings (SSSR count). The van der Waals surface area contributed by atoms with Crippen LogP contribution in [0.15, 0.2) is 42.7 Å². The van der Waals surface area contributed by atoms with Gasteiger partial charge in [0.05, 0.1) is 11.0 Å². The molecule has 2 heterocycles. The Hall–Kier alpha value is -2.23. The van der Waals surface area contributed by atoms with Gasteiger partial charge in [-0.15, -0.1) is 0 Å². The summed E-state index contributed by atoms with van der Waals surface area (Å²) in [5.74, 6) is 0.610. The summed E-state index contributed by atoms with van der Waals surface area (Å²) < 4.78 is 1.64. The van der Waals surface area contributed by atoms with Crippen LogP contribution < -0.4 is 0 Å². The third-order valence-electron chi connectivity index (χ3n) is 2.11. The Bertz CT molecular complexity index is 586. The lowest BCUT2D eigenvalue weighted by atomic mass is 10.3. The molecule has 0 aliphatic heterocycles.